The highest BCUT2D eigenvalue weighted by molar-refractivity contribution is 6.31. The fourth-order valence-corrected chi connectivity index (χ4v) is 4.57. The first kappa shape index (κ1) is 24.9. The molecule has 1 amide bonds. The topological polar surface area (TPSA) is 108 Å². The van der Waals surface area contributed by atoms with E-state index in [1.165, 1.54) is 6.07 Å². The van der Waals surface area contributed by atoms with Crippen LogP contribution in [0.25, 0.3) is 11.3 Å². The molecule has 1 aliphatic rings. The number of hydrogen-bond acceptors (Lipinski definition) is 6. The highest BCUT2D eigenvalue weighted by atomic mass is 35.5. The van der Waals surface area contributed by atoms with E-state index in [-0.39, 0.29) is 24.8 Å². The number of aliphatic hydroxyl groups excluding tert-OH is 1. The maximum Gasteiger partial charge on any atom is 0.273 e. The number of carbonyl (C=O) groups is 1. The number of phenols is 1. The van der Waals surface area contributed by atoms with Gasteiger partial charge in [-0.15, -0.1) is 0 Å². The number of amides is 1. The number of H-pyrrole nitrogens is 1. The molecule has 3 aromatic rings. The first-order valence-corrected chi connectivity index (χ1v) is 12.3. The van der Waals surface area contributed by atoms with Crippen molar-refractivity contribution in [3.8, 4) is 28.5 Å². The number of unbranched alkanes of at least 4 members (excludes halogenated alkanes) is 2. The average Bonchev–Trinajstić information content (AvgIpc) is 3.39. The van der Waals surface area contributed by atoms with Gasteiger partial charge in [0.25, 0.3) is 5.91 Å². The van der Waals surface area contributed by atoms with Crippen molar-refractivity contribution in [2.45, 2.75) is 39.2 Å². The molecule has 2 aromatic carbocycles. The van der Waals surface area contributed by atoms with E-state index < -0.39 is 6.04 Å². The molecule has 8 nitrogen and oxygen atoms in total. The van der Waals surface area contributed by atoms with Gasteiger partial charge < -0.3 is 24.6 Å². The minimum absolute atomic E-state index is 0.00124. The molecule has 0 fully saturated rings. The van der Waals surface area contributed by atoms with Crippen LogP contribution in [-0.4, -0.2) is 57.6 Å². The van der Waals surface area contributed by atoms with Crippen LogP contribution < -0.4 is 9.47 Å². The summed E-state index contributed by atoms with van der Waals surface area (Å²) < 4.78 is 11.8. The molecule has 0 aliphatic carbocycles. The number of β-amino-alcohol motifs (C(OH)–C–C–N with tert-alkyl or cyclic N) is 1. The predicted molar refractivity (Wildman–Crippen MR) is 133 cm³/mol. The number of halogens is 1. The van der Waals surface area contributed by atoms with Gasteiger partial charge in [-0.2, -0.15) is 5.10 Å². The van der Waals surface area contributed by atoms with Gasteiger partial charge in [0.2, 0.25) is 0 Å². The molecule has 0 saturated carbocycles. The Morgan fingerprint density at radius 2 is 1.94 bits per heavy atom. The lowest BCUT2D eigenvalue weighted by atomic mass is 9.95. The van der Waals surface area contributed by atoms with Crippen molar-refractivity contribution in [3.05, 3.63) is 58.2 Å². The van der Waals surface area contributed by atoms with Crippen LogP contribution in [0.15, 0.2) is 36.4 Å². The lowest BCUT2D eigenvalue weighted by Crippen LogP contribution is -2.32. The number of ether oxygens (including phenoxy) is 2. The van der Waals surface area contributed by atoms with Crippen LogP contribution in [0.1, 0.15) is 60.8 Å². The van der Waals surface area contributed by atoms with Gasteiger partial charge in [-0.05, 0) is 49.2 Å². The number of phenolic OH excluding ortho intramolecular Hbond substituents is 1. The van der Waals surface area contributed by atoms with Crippen molar-refractivity contribution < 1.29 is 24.5 Å². The monoisotopic (exact) mass is 499 g/mol. The molecule has 2 heterocycles. The van der Waals surface area contributed by atoms with Gasteiger partial charge in [0.15, 0.2) is 11.5 Å². The first-order valence-electron chi connectivity index (χ1n) is 11.9. The van der Waals surface area contributed by atoms with Gasteiger partial charge in [0, 0.05) is 22.7 Å². The van der Waals surface area contributed by atoms with Gasteiger partial charge in [-0.1, -0.05) is 37.4 Å². The van der Waals surface area contributed by atoms with Crippen LogP contribution in [-0.2, 0) is 0 Å². The van der Waals surface area contributed by atoms with Crippen LogP contribution in [0.4, 0.5) is 0 Å². The summed E-state index contributed by atoms with van der Waals surface area (Å²) in [6.07, 6.45) is 3.15. The summed E-state index contributed by atoms with van der Waals surface area (Å²) >= 11 is 6.19. The van der Waals surface area contributed by atoms with Crippen molar-refractivity contribution in [3.63, 3.8) is 0 Å². The second-order valence-corrected chi connectivity index (χ2v) is 8.78. The van der Waals surface area contributed by atoms with Crippen molar-refractivity contribution in [2.24, 2.45) is 0 Å². The summed E-state index contributed by atoms with van der Waals surface area (Å²) in [6, 6.07) is 9.75. The van der Waals surface area contributed by atoms with Gasteiger partial charge in [0.05, 0.1) is 25.9 Å². The average molecular weight is 500 g/mol. The number of aromatic nitrogens is 2. The molecular weight excluding hydrogens is 470 g/mol. The van der Waals surface area contributed by atoms with E-state index in [4.69, 9.17) is 21.1 Å². The molecule has 186 valence electrons. The maximum atomic E-state index is 13.2. The summed E-state index contributed by atoms with van der Waals surface area (Å²) in [5.74, 6) is 0.949. The Morgan fingerprint density at radius 3 is 2.69 bits per heavy atom. The zero-order chi connectivity index (χ0) is 24.9. The minimum atomic E-state index is -0.551. The smallest absolute Gasteiger partial charge is 0.273 e. The molecule has 1 unspecified atom stereocenters. The third-order valence-electron chi connectivity index (χ3n) is 6.01. The number of aromatic amines is 1. The van der Waals surface area contributed by atoms with E-state index in [1.807, 2.05) is 25.1 Å². The number of carbonyl (C=O) groups excluding carboxylic acids is 1. The quantitative estimate of drug-likeness (QED) is 0.322. The zero-order valence-electron chi connectivity index (χ0n) is 19.9. The van der Waals surface area contributed by atoms with Crippen LogP contribution in [0.3, 0.4) is 0 Å². The fraction of sp³-hybridized carbons (Fsp3) is 0.385. The molecule has 0 saturated heterocycles. The zero-order valence-corrected chi connectivity index (χ0v) is 20.6. The number of nitrogens with one attached hydrogen (secondary N) is 1. The standard InChI is InChI=1S/C26H30ClN3O5/c1-3-5-6-13-35-20-10-7-16(14-21(20)34-4-2)25-22-23(18-15-17(27)8-9-19(18)32)28-29-24(22)26(33)30(25)11-12-31/h7-10,14-15,25,31-32H,3-6,11-13H2,1-2H3,(H,28,29). The molecule has 0 bridgehead atoms. The van der Waals surface area contributed by atoms with E-state index in [0.29, 0.717) is 52.3 Å². The van der Waals surface area contributed by atoms with E-state index >= 15 is 0 Å². The summed E-state index contributed by atoms with van der Waals surface area (Å²) in [5.41, 5.74) is 2.55. The largest absolute Gasteiger partial charge is 0.507 e. The molecule has 1 atom stereocenters. The van der Waals surface area contributed by atoms with Gasteiger partial charge in [0.1, 0.15) is 17.1 Å². The molecule has 1 aromatic heterocycles. The lowest BCUT2D eigenvalue weighted by Gasteiger charge is -2.26. The number of hydrogen-bond donors (Lipinski definition) is 3. The van der Waals surface area contributed by atoms with Crippen LogP contribution in [0.2, 0.25) is 5.02 Å². The molecule has 0 radical (unpaired) electrons. The van der Waals surface area contributed by atoms with Crippen molar-refractivity contribution in [1.29, 1.82) is 0 Å². The summed E-state index contributed by atoms with van der Waals surface area (Å²) in [6.45, 7) is 5.02. The Bertz CT molecular complexity index is 1200. The van der Waals surface area contributed by atoms with E-state index in [1.54, 1.807) is 17.0 Å². The number of fused-ring (bicyclic) bond motifs is 1. The lowest BCUT2D eigenvalue weighted by molar-refractivity contribution is 0.0706. The fourth-order valence-electron chi connectivity index (χ4n) is 4.40. The number of nitrogens with zero attached hydrogens (tertiary/aromatic N) is 2. The van der Waals surface area contributed by atoms with Crippen LogP contribution >= 0.6 is 11.6 Å². The Hall–Kier alpha value is -3.23. The predicted octanol–water partition coefficient (Wildman–Crippen LogP) is 4.94. The Kier molecular flexibility index (Phi) is 7.83. The second kappa shape index (κ2) is 11.0. The van der Waals surface area contributed by atoms with E-state index in [0.717, 1.165) is 24.8 Å². The van der Waals surface area contributed by atoms with Crippen LogP contribution in [0, 0.1) is 0 Å². The minimum Gasteiger partial charge on any atom is -0.507 e. The third kappa shape index (κ3) is 4.94. The van der Waals surface area contributed by atoms with E-state index in [2.05, 4.69) is 17.1 Å². The summed E-state index contributed by atoms with van der Waals surface area (Å²) in [4.78, 5) is 14.8. The van der Waals surface area contributed by atoms with Gasteiger partial charge >= 0.3 is 0 Å². The number of rotatable bonds is 11. The van der Waals surface area contributed by atoms with Crippen molar-refractivity contribution >= 4 is 17.5 Å². The van der Waals surface area contributed by atoms with Gasteiger partial charge in [-0.25, -0.2) is 0 Å². The second-order valence-electron chi connectivity index (χ2n) is 8.34. The molecule has 0 spiro atoms. The highest BCUT2D eigenvalue weighted by Gasteiger charge is 2.42. The first-order chi connectivity index (χ1) is 17.0. The number of aliphatic hydroxyl groups is 1. The van der Waals surface area contributed by atoms with Crippen molar-refractivity contribution in [1.82, 2.24) is 15.1 Å². The molecule has 35 heavy (non-hydrogen) atoms. The van der Waals surface area contributed by atoms with Gasteiger partial charge in [-0.3, -0.25) is 9.89 Å². The Balaban J connectivity index is 1.79. The SMILES string of the molecule is CCCCCOc1ccc(C2c3c(-c4cc(Cl)ccc4O)n[nH]c3C(=O)N2CCO)cc1OCC. The molecule has 3 N–H and O–H groups in total. The molecule has 4 rings (SSSR count). The van der Waals surface area contributed by atoms with Crippen LogP contribution in [0.5, 0.6) is 17.2 Å². The summed E-state index contributed by atoms with van der Waals surface area (Å²) in [7, 11) is 0. The third-order valence-corrected chi connectivity index (χ3v) is 6.24. The summed E-state index contributed by atoms with van der Waals surface area (Å²) in [5, 5.41) is 27.8. The molecule has 9 heteroatoms. The highest BCUT2D eigenvalue weighted by Crippen LogP contribution is 2.46. The Labute approximate surface area is 209 Å². The molecular formula is C26H30ClN3O5. The Morgan fingerprint density at radius 1 is 1.11 bits per heavy atom. The maximum absolute atomic E-state index is 13.2. The van der Waals surface area contributed by atoms with E-state index in [9.17, 15) is 15.0 Å². The normalized spacial score (nSPS) is 14.9. The number of aromatic hydroxyl groups is 1. The van der Waals surface area contributed by atoms with Crippen molar-refractivity contribution in [2.75, 3.05) is 26.4 Å². The number of benzene rings is 2. The molecule has 1 aliphatic heterocycles.